The van der Waals surface area contributed by atoms with Gasteiger partial charge in [0.1, 0.15) is 5.75 Å². The van der Waals surface area contributed by atoms with Gasteiger partial charge in [-0.05, 0) is 57.8 Å². The summed E-state index contributed by atoms with van der Waals surface area (Å²) in [5.74, 6) is 0.906. The maximum Gasteiger partial charge on any atom is 0.224 e. The Balaban J connectivity index is 1.83. The minimum absolute atomic E-state index is 0.0540. The van der Waals surface area contributed by atoms with Crippen molar-refractivity contribution in [1.29, 1.82) is 0 Å². The lowest BCUT2D eigenvalue weighted by Gasteiger charge is -2.14. The van der Waals surface area contributed by atoms with Crippen LogP contribution in [0, 0.1) is 0 Å². The summed E-state index contributed by atoms with van der Waals surface area (Å²) in [5.41, 5.74) is 0.815. The predicted octanol–water partition coefficient (Wildman–Crippen LogP) is 2.95. The fourth-order valence-corrected chi connectivity index (χ4v) is 2.50. The zero-order valence-corrected chi connectivity index (χ0v) is 12.2. The van der Waals surface area contributed by atoms with Crippen LogP contribution >= 0.6 is 0 Å². The van der Waals surface area contributed by atoms with Gasteiger partial charge in [0.2, 0.25) is 5.91 Å². The van der Waals surface area contributed by atoms with E-state index in [1.807, 2.05) is 31.3 Å². The first-order chi connectivity index (χ1) is 9.78. The monoisotopic (exact) mass is 276 g/mol. The number of rotatable bonds is 7. The molecular weight excluding hydrogens is 252 g/mol. The summed E-state index contributed by atoms with van der Waals surface area (Å²) in [5, 5.41) is 5.96. The van der Waals surface area contributed by atoms with Crippen LogP contribution < -0.4 is 15.4 Å². The largest absolute Gasteiger partial charge is 0.490 e. The van der Waals surface area contributed by atoms with Crippen molar-refractivity contribution >= 4 is 11.6 Å². The minimum Gasteiger partial charge on any atom is -0.490 e. The minimum atomic E-state index is 0.0540. The van der Waals surface area contributed by atoms with Gasteiger partial charge in [-0.1, -0.05) is 6.07 Å². The van der Waals surface area contributed by atoms with Gasteiger partial charge in [0, 0.05) is 18.2 Å². The van der Waals surface area contributed by atoms with Gasteiger partial charge in [-0.25, -0.2) is 0 Å². The van der Waals surface area contributed by atoms with Crippen LogP contribution in [0.1, 0.15) is 38.5 Å². The number of nitrogens with one attached hydrogen (secondary N) is 2. The Morgan fingerprint density at radius 2 is 2.15 bits per heavy atom. The van der Waals surface area contributed by atoms with Crippen LogP contribution in [0.5, 0.6) is 5.75 Å². The Bertz CT molecular complexity index is 428. The summed E-state index contributed by atoms with van der Waals surface area (Å²) in [6.45, 7) is 0.859. The van der Waals surface area contributed by atoms with Crippen LogP contribution in [0.2, 0.25) is 0 Å². The SMILES string of the molecule is CNCCCC(=O)Nc1cccc(OC2CCCC2)c1. The van der Waals surface area contributed by atoms with Gasteiger partial charge in [0.25, 0.3) is 0 Å². The first-order valence-electron chi connectivity index (χ1n) is 7.49. The molecule has 1 aliphatic rings. The molecule has 2 N–H and O–H groups in total. The lowest BCUT2D eigenvalue weighted by molar-refractivity contribution is -0.116. The molecule has 1 saturated carbocycles. The van der Waals surface area contributed by atoms with Gasteiger partial charge in [0.15, 0.2) is 0 Å². The second-order valence-electron chi connectivity index (χ2n) is 5.31. The van der Waals surface area contributed by atoms with Crippen LogP contribution in [0.15, 0.2) is 24.3 Å². The van der Waals surface area contributed by atoms with Crippen molar-refractivity contribution in [2.75, 3.05) is 18.9 Å². The van der Waals surface area contributed by atoms with E-state index in [-0.39, 0.29) is 5.91 Å². The van der Waals surface area contributed by atoms with Crippen molar-refractivity contribution in [2.24, 2.45) is 0 Å². The second-order valence-corrected chi connectivity index (χ2v) is 5.31. The Labute approximate surface area is 120 Å². The summed E-state index contributed by atoms with van der Waals surface area (Å²) in [7, 11) is 1.89. The number of carbonyl (C=O) groups excluding carboxylic acids is 1. The van der Waals surface area contributed by atoms with E-state index in [9.17, 15) is 4.79 Å². The normalized spacial score (nSPS) is 15.2. The van der Waals surface area contributed by atoms with E-state index >= 15 is 0 Å². The van der Waals surface area contributed by atoms with Crippen molar-refractivity contribution < 1.29 is 9.53 Å². The van der Waals surface area contributed by atoms with Gasteiger partial charge in [0.05, 0.1) is 6.10 Å². The van der Waals surface area contributed by atoms with Crippen LogP contribution in [0.25, 0.3) is 0 Å². The number of benzene rings is 1. The van der Waals surface area contributed by atoms with Crippen LogP contribution in [0.4, 0.5) is 5.69 Å². The Morgan fingerprint density at radius 1 is 1.35 bits per heavy atom. The van der Waals surface area contributed by atoms with Gasteiger partial charge in [-0.3, -0.25) is 4.79 Å². The smallest absolute Gasteiger partial charge is 0.224 e. The molecule has 1 aromatic rings. The molecule has 0 atom stereocenters. The fraction of sp³-hybridized carbons (Fsp3) is 0.562. The number of ether oxygens (including phenoxy) is 1. The highest BCUT2D eigenvalue weighted by molar-refractivity contribution is 5.90. The number of carbonyl (C=O) groups is 1. The Kier molecular flexibility index (Phi) is 5.87. The molecule has 0 radical (unpaired) electrons. The summed E-state index contributed by atoms with van der Waals surface area (Å²) < 4.78 is 5.93. The molecule has 0 spiro atoms. The molecule has 1 aromatic carbocycles. The number of hydrogen-bond acceptors (Lipinski definition) is 3. The summed E-state index contributed by atoms with van der Waals surface area (Å²) in [6, 6.07) is 7.69. The molecule has 0 bridgehead atoms. The molecule has 4 nitrogen and oxygen atoms in total. The molecule has 1 aliphatic carbocycles. The van der Waals surface area contributed by atoms with Crippen LogP contribution in [-0.4, -0.2) is 25.6 Å². The maximum absolute atomic E-state index is 11.8. The van der Waals surface area contributed by atoms with E-state index in [4.69, 9.17) is 4.74 Å². The molecule has 1 amide bonds. The predicted molar refractivity (Wildman–Crippen MR) is 81.1 cm³/mol. The molecule has 0 saturated heterocycles. The second kappa shape index (κ2) is 7.90. The van der Waals surface area contributed by atoms with E-state index in [2.05, 4.69) is 10.6 Å². The highest BCUT2D eigenvalue weighted by Gasteiger charge is 2.16. The average Bonchev–Trinajstić information content (AvgIpc) is 2.92. The highest BCUT2D eigenvalue weighted by Crippen LogP contribution is 2.25. The quantitative estimate of drug-likeness (QED) is 0.753. The third-order valence-electron chi connectivity index (χ3n) is 3.55. The van der Waals surface area contributed by atoms with E-state index in [1.165, 1.54) is 12.8 Å². The van der Waals surface area contributed by atoms with Gasteiger partial charge in [-0.2, -0.15) is 0 Å². The van der Waals surface area contributed by atoms with Gasteiger partial charge < -0.3 is 15.4 Å². The third kappa shape index (κ3) is 4.85. The van der Waals surface area contributed by atoms with Gasteiger partial charge in [-0.15, -0.1) is 0 Å². The van der Waals surface area contributed by atoms with E-state index in [0.29, 0.717) is 12.5 Å². The van der Waals surface area contributed by atoms with E-state index in [1.54, 1.807) is 0 Å². The molecule has 4 heteroatoms. The van der Waals surface area contributed by atoms with Crippen molar-refractivity contribution in [1.82, 2.24) is 5.32 Å². The molecule has 2 rings (SSSR count). The maximum atomic E-state index is 11.8. The zero-order valence-electron chi connectivity index (χ0n) is 12.2. The third-order valence-corrected chi connectivity index (χ3v) is 3.55. The summed E-state index contributed by atoms with van der Waals surface area (Å²) in [4.78, 5) is 11.8. The molecule has 0 aromatic heterocycles. The molecule has 0 heterocycles. The number of hydrogen-bond donors (Lipinski definition) is 2. The lowest BCUT2D eigenvalue weighted by atomic mass is 10.2. The number of anilines is 1. The molecular formula is C16H24N2O2. The first kappa shape index (κ1) is 14.9. The molecule has 0 aliphatic heterocycles. The molecule has 20 heavy (non-hydrogen) atoms. The van der Waals surface area contributed by atoms with Crippen molar-refractivity contribution in [3.8, 4) is 5.75 Å². The highest BCUT2D eigenvalue weighted by atomic mass is 16.5. The van der Waals surface area contributed by atoms with E-state index in [0.717, 1.165) is 37.2 Å². The summed E-state index contributed by atoms with van der Waals surface area (Å²) >= 11 is 0. The summed E-state index contributed by atoms with van der Waals surface area (Å²) in [6.07, 6.45) is 6.52. The standard InChI is InChI=1S/C16H24N2O2/c1-17-11-5-10-16(19)18-13-6-4-9-15(12-13)20-14-7-2-3-8-14/h4,6,9,12,14,17H,2-3,5,7-8,10-11H2,1H3,(H,18,19). The topological polar surface area (TPSA) is 50.4 Å². The fourth-order valence-electron chi connectivity index (χ4n) is 2.50. The number of amides is 1. The van der Waals surface area contributed by atoms with Crippen molar-refractivity contribution in [3.63, 3.8) is 0 Å². The molecule has 0 unspecified atom stereocenters. The Morgan fingerprint density at radius 3 is 2.90 bits per heavy atom. The average molecular weight is 276 g/mol. The Hall–Kier alpha value is -1.55. The van der Waals surface area contributed by atoms with Crippen LogP contribution in [0.3, 0.4) is 0 Å². The van der Waals surface area contributed by atoms with Crippen LogP contribution in [-0.2, 0) is 4.79 Å². The van der Waals surface area contributed by atoms with Crippen molar-refractivity contribution in [3.05, 3.63) is 24.3 Å². The zero-order chi connectivity index (χ0) is 14.2. The molecule has 110 valence electrons. The van der Waals surface area contributed by atoms with E-state index < -0.39 is 0 Å². The molecule has 1 fully saturated rings. The van der Waals surface area contributed by atoms with Crippen molar-refractivity contribution in [2.45, 2.75) is 44.6 Å². The first-order valence-corrected chi connectivity index (χ1v) is 7.49. The van der Waals surface area contributed by atoms with Gasteiger partial charge >= 0.3 is 0 Å². The lowest BCUT2D eigenvalue weighted by Crippen LogP contribution is -2.15.